The summed E-state index contributed by atoms with van der Waals surface area (Å²) < 4.78 is 5.87. The number of carbonyl (C=O) groups excluding carboxylic acids is 2. The van der Waals surface area contributed by atoms with E-state index in [-0.39, 0.29) is 0 Å². The van der Waals surface area contributed by atoms with Crippen molar-refractivity contribution >= 4 is 41.0 Å². The molecular formula is C25H17ClN4O3. The Morgan fingerprint density at radius 1 is 1.06 bits per heavy atom. The number of carbonyl (C=O) groups is 2. The second-order valence-corrected chi connectivity index (χ2v) is 8.03. The molecule has 2 heterocycles. The van der Waals surface area contributed by atoms with Crippen LogP contribution >= 0.6 is 11.6 Å². The molecule has 3 aromatic rings. The summed E-state index contributed by atoms with van der Waals surface area (Å²) in [5.41, 5.74) is 4.05. The SMILES string of the molecule is N#Cc1ccc2c(c1)N(c1ccc(OCc3cccc(Cl)c3)cc1)C1NC(=O)NC(=O)C1=C2. The summed E-state index contributed by atoms with van der Waals surface area (Å²) in [5, 5.41) is 15.1. The van der Waals surface area contributed by atoms with Crippen LogP contribution in [0.2, 0.25) is 5.02 Å². The van der Waals surface area contributed by atoms with Gasteiger partial charge in [-0.1, -0.05) is 29.8 Å². The van der Waals surface area contributed by atoms with E-state index in [0.29, 0.717) is 34.2 Å². The largest absolute Gasteiger partial charge is 0.489 e. The Bertz CT molecular complexity index is 1340. The predicted octanol–water partition coefficient (Wildman–Crippen LogP) is 4.49. The fourth-order valence-corrected chi connectivity index (χ4v) is 4.13. The van der Waals surface area contributed by atoms with E-state index >= 15 is 0 Å². The molecule has 2 N–H and O–H groups in total. The first-order valence-electron chi connectivity index (χ1n) is 10.2. The molecule has 8 heteroatoms. The minimum atomic E-state index is -0.703. The minimum Gasteiger partial charge on any atom is -0.489 e. The summed E-state index contributed by atoms with van der Waals surface area (Å²) >= 11 is 6.03. The highest BCUT2D eigenvalue weighted by Gasteiger charge is 2.38. The molecule has 0 aliphatic carbocycles. The maximum absolute atomic E-state index is 12.5. The zero-order valence-corrected chi connectivity index (χ0v) is 18.0. The van der Waals surface area contributed by atoms with Crippen molar-refractivity contribution in [3.05, 3.63) is 94.0 Å². The number of nitrogens with one attached hydrogen (secondary N) is 2. The quantitative estimate of drug-likeness (QED) is 0.603. The van der Waals surface area contributed by atoms with E-state index in [1.54, 1.807) is 30.3 Å². The van der Waals surface area contributed by atoms with Crippen LogP contribution in [-0.4, -0.2) is 18.1 Å². The first-order valence-corrected chi connectivity index (χ1v) is 10.5. The van der Waals surface area contributed by atoms with E-state index in [2.05, 4.69) is 16.7 Å². The number of hydrogen-bond donors (Lipinski definition) is 2. The van der Waals surface area contributed by atoms with Gasteiger partial charge in [-0.15, -0.1) is 0 Å². The standard InChI is InChI=1S/C25H17ClN4O3/c26-18-3-1-2-16(10-18)14-33-20-8-6-19(7-9-20)30-22-11-15(13-27)4-5-17(22)12-21-23(30)28-25(32)29-24(21)31/h1-12,23H,14H2,(H2,28,29,31,32). The zero-order valence-electron chi connectivity index (χ0n) is 17.2. The summed E-state index contributed by atoms with van der Waals surface area (Å²) in [6.45, 7) is 0.365. The maximum Gasteiger partial charge on any atom is 0.323 e. The second-order valence-electron chi connectivity index (χ2n) is 7.60. The van der Waals surface area contributed by atoms with Gasteiger partial charge in [-0.3, -0.25) is 10.1 Å². The van der Waals surface area contributed by atoms with Crippen LogP contribution in [0, 0.1) is 11.3 Å². The third-order valence-electron chi connectivity index (χ3n) is 5.45. The number of urea groups is 1. The summed E-state index contributed by atoms with van der Waals surface area (Å²) in [6, 6.07) is 21.6. The van der Waals surface area contributed by atoms with Gasteiger partial charge in [0, 0.05) is 10.7 Å². The van der Waals surface area contributed by atoms with E-state index in [1.165, 1.54) is 0 Å². The van der Waals surface area contributed by atoms with Crippen LogP contribution in [-0.2, 0) is 11.4 Å². The molecule has 7 nitrogen and oxygen atoms in total. The molecule has 0 aromatic heterocycles. The lowest BCUT2D eigenvalue weighted by molar-refractivity contribution is -0.117. The van der Waals surface area contributed by atoms with Crippen molar-refractivity contribution in [2.75, 3.05) is 4.90 Å². The fraction of sp³-hybridized carbons (Fsp3) is 0.0800. The number of halogens is 1. The van der Waals surface area contributed by atoms with Crippen LogP contribution in [0.4, 0.5) is 16.2 Å². The van der Waals surface area contributed by atoms with Crippen LogP contribution in [0.25, 0.3) is 6.08 Å². The number of ether oxygens (including phenoxy) is 1. The Hall–Kier alpha value is -4.28. The van der Waals surface area contributed by atoms with Crippen molar-refractivity contribution in [3.8, 4) is 11.8 Å². The number of anilines is 2. The molecule has 5 rings (SSSR count). The van der Waals surface area contributed by atoms with Crippen molar-refractivity contribution < 1.29 is 14.3 Å². The summed E-state index contributed by atoms with van der Waals surface area (Å²) in [4.78, 5) is 26.4. The molecule has 33 heavy (non-hydrogen) atoms. The Labute approximate surface area is 194 Å². The van der Waals surface area contributed by atoms with Gasteiger partial charge in [-0.25, -0.2) is 4.79 Å². The Kier molecular flexibility index (Phi) is 5.21. The van der Waals surface area contributed by atoms with Crippen molar-refractivity contribution in [1.82, 2.24) is 10.6 Å². The van der Waals surface area contributed by atoms with Gasteiger partial charge in [0.1, 0.15) is 18.5 Å². The predicted molar refractivity (Wildman–Crippen MR) is 124 cm³/mol. The molecule has 3 aromatic carbocycles. The van der Waals surface area contributed by atoms with Gasteiger partial charge >= 0.3 is 6.03 Å². The first kappa shape index (κ1) is 20.6. The van der Waals surface area contributed by atoms with Crippen LogP contribution in [0.15, 0.2) is 72.3 Å². The van der Waals surface area contributed by atoms with Crippen LogP contribution < -0.4 is 20.3 Å². The highest BCUT2D eigenvalue weighted by Crippen LogP contribution is 2.39. The van der Waals surface area contributed by atoms with Gasteiger partial charge in [0.25, 0.3) is 5.91 Å². The van der Waals surface area contributed by atoms with Gasteiger partial charge < -0.3 is 15.0 Å². The first-order chi connectivity index (χ1) is 16.0. The van der Waals surface area contributed by atoms with E-state index in [1.807, 2.05) is 47.4 Å². The van der Waals surface area contributed by atoms with Gasteiger partial charge in [0.15, 0.2) is 0 Å². The smallest absolute Gasteiger partial charge is 0.323 e. The molecule has 1 atom stereocenters. The molecular weight excluding hydrogens is 440 g/mol. The number of fused-ring (bicyclic) bond motifs is 2. The number of rotatable bonds is 4. The molecule has 1 saturated heterocycles. The fourth-order valence-electron chi connectivity index (χ4n) is 3.92. The Balaban J connectivity index is 1.48. The maximum atomic E-state index is 12.5. The highest BCUT2D eigenvalue weighted by molar-refractivity contribution is 6.30. The zero-order chi connectivity index (χ0) is 22.9. The summed E-state index contributed by atoms with van der Waals surface area (Å²) in [5.74, 6) is 0.202. The molecule has 2 aliphatic rings. The number of hydrogen-bond acceptors (Lipinski definition) is 5. The monoisotopic (exact) mass is 456 g/mol. The highest BCUT2D eigenvalue weighted by atomic mass is 35.5. The van der Waals surface area contributed by atoms with Crippen molar-refractivity contribution in [2.45, 2.75) is 12.8 Å². The molecule has 1 fully saturated rings. The molecule has 0 radical (unpaired) electrons. The van der Waals surface area contributed by atoms with E-state index in [4.69, 9.17) is 16.3 Å². The van der Waals surface area contributed by atoms with Crippen molar-refractivity contribution in [1.29, 1.82) is 5.26 Å². The lowest BCUT2D eigenvalue weighted by atomic mass is 9.96. The Morgan fingerprint density at radius 3 is 2.64 bits per heavy atom. The lowest BCUT2D eigenvalue weighted by Crippen LogP contribution is -2.60. The Morgan fingerprint density at radius 2 is 1.88 bits per heavy atom. The molecule has 1 unspecified atom stereocenters. The number of nitrogens with zero attached hydrogens (tertiary/aromatic N) is 2. The average Bonchev–Trinajstić information content (AvgIpc) is 2.82. The lowest BCUT2D eigenvalue weighted by Gasteiger charge is -2.41. The molecule has 2 aliphatic heterocycles. The normalized spacial score (nSPS) is 16.5. The molecule has 0 saturated carbocycles. The molecule has 0 spiro atoms. The molecule has 162 valence electrons. The number of nitriles is 1. The van der Waals surface area contributed by atoms with Crippen molar-refractivity contribution in [3.63, 3.8) is 0 Å². The van der Waals surface area contributed by atoms with E-state index in [9.17, 15) is 14.9 Å². The number of benzene rings is 3. The third-order valence-corrected chi connectivity index (χ3v) is 5.68. The number of amides is 3. The van der Waals surface area contributed by atoms with Crippen LogP contribution in [0.5, 0.6) is 5.75 Å². The van der Waals surface area contributed by atoms with Crippen LogP contribution in [0.3, 0.4) is 0 Å². The van der Waals surface area contributed by atoms with Gasteiger partial charge in [0.05, 0.1) is 22.9 Å². The number of imide groups is 1. The van der Waals surface area contributed by atoms with Gasteiger partial charge in [-0.2, -0.15) is 5.26 Å². The van der Waals surface area contributed by atoms with Crippen LogP contribution in [0.1, 0.15) is 16.7 Å². The minimum absolute atomic E-state index is 0.365. The summed E-state index contributed by atoms with van der Waals surface area (Å²) in [6.07, 6.45) is 1.03. The third kappa shape index (κ3) is 4.00. The van der Waals surface area contributed by atoms with Gasteiger partial charge in [0.2, 0.25) is 0 Å². The van der Waals surface area contributed by atoms with E-state index < -0.39 is 18.1 Å². The molecule has 0 bridgehead atoms. The topological polar surface area (TPSA) is 94.5 Å². The van der Waals surface area contributed by atoms with Crippen molar-refractivity contribution in [2.24, 2.45) is 0 Å². The molecule has 3 amide bonds. The summed E-state index contributed by atoms with van der Waals surface area (Å²) in [7, 11) is 0. The average molecular weight is 457 g/mol. The van der Waals surface area contributed by atoms with Gasteiger partial charge in [-0.05, 0) is 65.7 Å². The second kappa shape index (κ2) is 8.34. The van der Waals surface area contributed by atoms with E-state index in [0.717, 1.165) is 16.8 Å².